The predicted octanol–water partition coefficient (Wildman–Crippen LogP) is 4.16. The Hall–Kier alpha value is -4.47. The van der Waals surface area contributed by atoms with E-state index >= 15 is 0 Å². The van der Waals surface area contributed by atoms with Crippen LogP contribution in [0.4, 0.5) is 8.78 Å². The van der Waals surface area contributed by atoms with Gasteiger partial charge in [-0.3, -0.25) is 14.1 Å². The Balaban J connectivity index is 1.49. The van der Waals surface area contributed by atoms with Crippen LogP contribution in [0.25, 0.3) is 28.3 Å². The lowest BCUT2D eigenvalue weighted by Crippen LogP contribution is -2.25. The number of nitrogens with zero attached hydrogens (tertiary/aromatic N) is 6. The maximum Gasteiger partial charge on any atom is 0.333 e. The van der Waals surface area contributed by atoms with E-state index < -0.39 is 17.3 Å². The van der Waals surface area contributed by atoms with Crippen LogP contribution in [-0.2, 0) is 13.0 Å². The van der Waals surface area contributed by atoms with Gasteiger partial charge < -0.3 is 0 Å². The summed E-state index contributed by atoms with van der Waals surface area (Å²) in [4.78, 5) is 17.8. The van der Waals surface area contributed by atoms with Crippen molar-refractivity contribution in [2.45, 2.75) is 26.3 Å². The molecule has 2 aromatic carbocycles. The molecule has 0 spiro atoms. The van der Waals surface area contributed by atoms with Crippen LogP contribution in [0.15, 0.2) is 71.8 Å². The van der Waals surface area contributed by atoms with Crippen molar-refractivity contribution in [1.29, 1.82) is 0 Å². The Morgan fingerprint density at radius 1 is 0.971 bits per heavy atom. The first-order valence-corrected chi connectivity index (χ1v) is 11.1. The molecular weight excluding hydrogens is 452 g/mol. The number of nitrogens with one attached hydrogen (secondary N) is 1. The van der Waals surface area contributed by atoms with Crippen LogP contribution in [-0.4, -0.2) is 34.7 Å². The minimum absolute atomic E-state index is 0.220. The fourth-order valence-corrected chi connectivity index (χ4v) is 4.08. The van der Waals surface area contributed by atoms with E-state index in [0.29, 0.717) is 23.6 Å². The number of para-hydroxylation sites is 1. The molecule has 0 atom stereocenters. The number of pyridine rings is 1. The van der Waals surface area contributed by atoms with Crippen LogP contribution in [0.2, 0.25) is 0 Å². The van der Waals surface area contributed by atoms with Crippen molar-refractivity contribution in [3.8, 4) is 28.3 Å². The average Bonchev–Trinajstić information content (AvgIpc) is 3.50. The van der Waals surface area contributed by atoms with Gasteiger partial charge in [0, 0.05) is 29.2 Å². The van der Waals surface area contributed by atoms with Crippen molar-refractivity contribution in [1.82, 2.24) is 34.7 Å². The number of benzene rings is 2. The number of aromatic amines is 1. The zero-order valence-corrected chi connectivity index (χ0v) is 18.8. The number of H-pyrrole nitrogens is 1. The van der Waals surface area contributed by atoms with Crippen LogP contribution >= 0.6 is 0 Å². The summed E-state index contributed by atoms with van der Waals surface area (Å²) in [5, 5.41) is 14.0. The molecule has 0 fully saturated rings. The van der Waals surface area contributed by atoms with Crippen LogP contribution in [0.5, 0.6) is 0 Å². The zero-order valence-electron chi connectivity index (χ0n) is 18.8. The lowest BCUT2D eigenvalue weighted by molar-refractivity contribution is 0.564. The van der Waals surface area contributed by atoms with E-state index in [1.165, 1.54) is 16.8 Å². The van der Waals surface area contributed by atoms with Gasteiger partial charge in [0.2, 0.25) is 0 Å². The number of hydrogen-bond acceptors (Lipinski definition) is 5. The summed E-state index contributed by atoms with van der Waals surface area (Å²) in [6.45, 7) is 2.20. The van der Waals surface area contributed by atoms with Gasteiger partial charge in [0.1, 0.15) is 17.3 Å². The third kappa shape index (κ3) is 4.25. The van der Waals surface area contributed by atoms with E-state index in [2.05, 4.69) is 25.6 Å². The van der Waals surface area contributed by atoms with Crippen LogP contribution in [0.1, 0.15) is 24.6 Å². The molecule has 0 aliphatic heterocycles. The molecule has 3 heterocycles. The van der Waals surface area contributed by atoms with Crippen molar-refractivity contribution in [2.75, 3.05) is 0 Å². The number of aryl methyl sites for hydroxylation is 1. The fourth-order valence-electron chi connectivity index (χ4n) is 4.08. The molecule has 0 bridgehead atoms. The van der Waals surface area contributed by atoms with Gasteiger partial charge in [-0.1, -0.05) is 49.7 Å². The van der Waals surface area contributed by atoms with Crippen molar-refractivity contribution in [3.63, 3.8) is 0 Å². The molecule has 1 N–H and O–H groups in total. The third-order valence-corrected chi connectivity index (χ3v) is 5.72. The third-order valence-electron chi connectivity index (χ3n) is 5.72. The zero-order chi connectivity index (χ0) is 24.4. The molecular formula is C25H21F2N7O. The van der Waals surface area contributed by atoms with Gasteiger partial charge in [0.25, 0.3) is 0 Å². The van der Waals surface area contributed by atoms with Crippen molar-refractivity contribution in [2.24, 2.45) is 0 Å². The van der Waals surface area contributed by atoms with Gasteiger partial charge in [0.05, 0.1) is 12.2 Å². The molecule has 3 aromatic heterocycles. The molecule has 0 aliphatic rings. The summed E-state index contributed by atoms with van der Waals surface area (Å²) in [6, 6.07) is 14.9. The number of imidazole rings is 1. The number of tetrazole rings is 1. The highest BCUT2D eigenvalue weighted by molar-refractivity contribution is 5.78. The average molecular weight is 473 g/mol. The smallest absolute Gasteiger partial charge is 0.292 e. The highest BCUT2D eigenvalue weighted by atomic mass is 19.1. The van der Waals surface area contributed by atoms with Gasteiger partial charge in [0.15, 0.2) is 5.82 Å². The first-order chi connectivity index (χ1) is 17.1. The molecule has 0 unspecified atom stereocenters. The minimum Gasteiger partial charge on any atom is -0.292 e. The Labute approximate surface area is 198 Å². The van der Waals surface area contributed by atoms with Gasteiger partial charge >= 0.3 is 5.69 Å². The Bertz CT molecular complexity index is 1500. The van der Waals surface area contributed by atoms with Crippen molar-refractivity contribution >= 4 is 0 Å². The minimum atomic E-state index is -0.793. The lowest BCUT2D eigenvalue weighted by atomic mass is 10.0. The highest BCUT2D eigenvalue weighted by Gasteiger charge is 2.18. The first kappa shape index (κ1) is 22.3. The Kier molecular flexibility index (Phi) is 6.01. The van der Waals surface area contributed by atoms with Gasteiger partial charge in [-0.2, -0.15) is 0 Å². The molecule has 8 nitrogen and oxygen atoms in total. The molecule has 5 rings (SSSR count). The van der Waals surface area contributed by atoms with Gasteiger partial charge in [-0.15, -0.1) is 5.10 Å². The second-order valence-electron chi connectivity index (χ2n) is 8.03. The summed E-state index contributed by atoms with van der Waals surface area (Å²) in [6.07, 6.45) is 4.56. The largest absolute Gasteiger partial charge is 0.333 e. The molecule has 0 saturated carbocycles. The quantitative estimate of drug-likeness (QED) is 0.383. The topological polar surface area (TPSA) is 94.3 Å². The molecule has 5 aromatic rings. The van der Waals surface area contributed by atoms with Gasteiger partial charge in [-0.25, -0.2) is 18.7 Å². The molecule has 0 amide bonds. The van der Waals surface area contributed by atoms with Crippen molar-refractivity contribution in [3.05, 3.63) is 100 Å². The second-order valence-corrected chi connectivity index (χ2v) is 8.03. The van der Waals surface area contributed by atoms with E-state index in [9.17, 15) is 13.6 Å². The molecule has 10 heteroatoms. The predicted molar refractivity (Wildman–Crippen MR) is 126 cm³/mol. The number of rotatable bonds is 7. The monoisotopic (exact) mass is 473 g/mol. The summed E-state index contributed by atoms with van der Waals surface area (Å²) >= 11 is 0. The van der Waals surface area contributed by atoms with Crippen LogP contribution < -0.4 is 5.69 Å². The first-order valence-electron chi connectivity index (χ1n) is 11.1. The Morgan fingerprint density at radius 2 is 1.74 bits per heavy atom. The highest BCUT2D eigenvalue weighted by Crippen LogP contribution is 2.28. The molecule has 176 valence electrons. The number of aromatic nitrogens is 7. The number of hydrogen-bond donors (Lipinski definition) is 1. The molecule has 0 radical (unpaired) electrons. The summed E-state index contributed by atoms with van der Waals surface area (Å²) in [7, 11) is 0. The van der Waals surface area contributed by atoms with E-state index in [-0.39, 0.29) is 12.2 Å². The second kappa shape index (κ2) is 9.41. The lowest BCUT2D eigenvalue weighted by Gasteiger charge is -2.09. The maximum absolute atomic E-state index is 14.4. The summed E-state index contributed by atoms with van der Waals surface area (Å²) in [5.74, 6) is -1.05. The molecule has 0 aliphatic carbocycles. The fraction of sp³-hybridized carbons (Fsp3) is 0.160. The summed E-state index contributed by atoms with van der Waals surface area (Å²) in [5.41, 5.74) is 2.95. The van der Waals surface area contributed by atoms with Crippen molar-refractivity contribution < 1.29 is 8.78 Å². The van der Waals surface area contributed by atoms with Crippen LogP contribution in [0.3, 0.4) is 0 Å². The van der Waals surface area contributed by atoms with E-state index in [4.69, 9.17) is 0 Å². The standard InChI is InChI=1S/C25H21F2N7O/c1-2-6-17-15-34(23-20(26)9-5-10-21(23)27)25(35)33(17)14-16-11-12-22(28-13-16)18-7-3-4-8-19(18)24-29-31-32-30-24/h3-5,7-13,15H,2,6,14H2,1H3,(H,29,30,31,32). The van der Waals surface area contributed by atoms with E-state index in [1.807, 2.05) is 43.3 Å². The SMILES string of the molecule is CCCc1cn(-c2c(F)cccc2F)c(=O)n1Cc1ccc(-c2ccccc2-c2nnn[nH]2)nc1. The normalized spacial score (nSPS) is 11.2. The Morgan fingerprint density at radius 3 is 2.40 bits per heavy atom. The van der Waals surface area contributed by atoms with Crippen LogP contribution in [0, 0.1) is 11.6 Å². The molecule has 0 saturated heterocycles. The van der Waals surface area contributed by atoms with E-state index in [0.717, 1.165) is 39.8 Å². The number of halogens is 2. The molecule has 35 heavy (non-hydrogen) atoms. The van der Waals surface area contributed by atoms with Gasteiger partial charge in [-0.05, 0) is 40.6 Å². The summed E-state index contributed by atoms with van der Waals surface area (Å²) < 4.78 is 31.3. The maximum atomic E-state index is 14.4. The van der Waals surface area contributed by atoms with E-state index in [1.54, 1.807) is 6.20 Å².